The number of carbonyl (C=O) groups is 1. The second-order valence-electron chi connectivity index (χ2n) is 6.53. The van der Waals surface area contributed by atoms with Crippen molar-refractivity contribution in [2.45, 2.75) is 12.2 Å². The molecule has 6 nitrogen and oxygen atoms in total. The predicted octanol–water partition coefficient (Wildman–Crippen LogP) is 2.64. The molecule has 1 unspecified atom stereocenters. The Labute approximate surface area is 161 Å². The van der Waals surface area contributed by atoms with Gasteiger partial charge >= 0.3 is 0 Å². The Morgan fingerprint density at radius 1 is 1.11 bits per heavy atom. The molecule has 0 spiro atoms. The molecule has 0 saturated heterocycles. The van der Waals surface area contributed by atoms with E-state index >= 15 is 0 Å². The van der Waals surface area contributed by atoms with Crippen LogP contribution in [-0.2, 0) is 17.0 Å². The normalized spacial score (nSPS) is 19.0. The lowest BCUT2D eigenvalue weighted by molar-refractivity contribution is -0.129. The first-order valence-electron chi connectivity index (χ1n) is 8.73. The summed E-state index contributed by atoms with van der Waals surface area (Å²) in [6.07, 6.45) is 3.12. The maximum Gasteiger partial charge on any atom is 0.267 e. The SMILES string of the molecule is CN1C(=O)C(c2cccc(-c3ccccn3)c2)(c2ccc(CF)cn2)N=C1N. The first-order valence-corrected chi connectivity index (χ1v) is 8.73. The van der Waals surface area contributed by atoms with Crippen LogP contribution >= 0.6 is 0 Å². The summed E-state index contributed by atoms with van der Waals surface area (Å²) in [5.41, 5.74) is 7.61. The van der Waals surface area contributed by atoms with Crippen LogP contribution in [0.15, 0.2) is 72.0 Å². The van der Waals surface area contributed by atoms with Crippen molar-refractivity contribution in [1.82, 2.24) is 14.9 Å². The maximum atomic E-state index is 13.2. The van der Waals surface area contributed by atoms with E-state index in [2.05, 4.69) is 15.0 Å². The predicted molar refractivity (Wildman–Crippen MR) is 104 cm³/mol. The minimum absolute atomic E-state index is 0.101. The molecular weight excluding hydrogens is 357 g/mol. The Morgan fingerprint density at radius 3 is 2.57 bits per heavy atom. The van der Waals surface area contributed by atoms with E-state index in [4.69, 9.17) is 5.73 Å². The largest absolute Gasteiger partial charge is 0.369 e. The Hall–Kier alpha value is -3.61. The fourth-order valence-corrected chi connectivity index (χ4v) is 3.30. The topological polar surface area (TPSA) is 84.5 Å². The lowest BCUT2D eigenvalue weighted by atomic mass is 9.85. The zero-order chi connectivity index (χ0) is 19.7. The number of rotatable bonds is 4. The number of hydrogen-bond donors (Lipinski definition) is 1. The summed E-state index contributed by atoms with van der Waals surface area (Å²) in [6.45, 7) is -0.630. The fraction of sp³-hybridized carbons (Fsp3) is 0.143. The Kier molecular flexibility index (Phi) is 4.35. The lowest BCUT2D eigenvalue weighted by Crippen LogP contribution is -2.41. The number of benzene rings is 1. The van der Waals surface area contributed by atoms with E-state index in [0.717, 1.165) is 11.3 Å². The number of nitrogens with zero attached hydrogens (tertiary/aromatic N) is 4. The number of amides is 1. The van der Waals surface area contributed by atoms with E-state index in [1.807, 2.05) is 42.5 Å². The lowest BCUT2D eigenvalue weighted by Gasteiger charge is -2.25. The highest BCUT2D eigenvalue weighted by Gasteiger charge is 2.50. The van der Waals surface area contributed by atoms with Crippen molar-refractivity contribution < 1.29 is 9.18 Å². The van der Waals surface area contributed by atoms with Gasteiger partial charge in [-0.25, -0.2) is 9.38 Å². The number of aromatic nitrogens is 2. The summed E-state index contributed by atoms with van der Waals surface area (Å²) in [6, 6.07) is 16.3. The molecule has 1 aromatic carbocycles. The van der Waals surface area contributed by atoms with Gasteiger partial charge in [0.1, 0.15) is 6.67 Å². The number of alkyl halides is 1. The average Bonchev–Trinajstić information content (AvgIpc) is 2.99. The molecule has 0 aliphatic carbocycles. The van der Waals surface area contributed by atoms with E-state index in [0.29, 0.717) is 16.8 Å². The Bertz CT molecular complexity index is 1050. The summed E-state index contributed by atoms with van der Waals surface area (Å²) >= 11 is 0. The fourth-order valence-electron chi connectivity index (χ4n) is 3.30. The molecule has 1 atom stereocenters. The molecule has 0 saturated carbocycles. The molecule has 0 radical (unpaired) electrons. The van der Waals surface area contributed by atoms with Gasteiger partial charge in [-0.2, -0.15) is 0 Å². The third-order valence-corrected chi connectivity index (χ3v) is 4.83. The van der Waals surface area contributed by atoms with E-state index in [-0.39, 0.29) is 11.9 Å². The van der Waals surface area contributed by atoms with Crippen LogP contribution in [0.1, 0.15) is 16.8 Å². The molecule has 0 bridgehead atoms. The molecular formula is C21H18FN5O. The standard InChI is InChI=1S/C21H18FN5O/c1-27-19(28)21(26-20(27)23,18-9-8-14(12-22)13-25-18)16-6-4-5-15(11-16)17-7-2-3-10-24-17/h2-11,13H,12H2,1H3,(H2,23,26). The minimum atomic E-state index is -1.42. The van der Waals surface area contributed by atoms with E-state index in [1.165, 1.54) is 11.1 Å². The molecule has 3 aromatic rings. The molecule has 28 heavy (non-hydrogen) atoms. The van der Waals surface area contributed by atoms with Crippen LogP contribution in [0.5, 0.6) is 0 Å². The number of likely N-dealkylation sites (N-methyl/N-ethyl adjacent to an activating group) is 1. The Balaban J connectivity index is 1.91. The number of guanidine groups is 1. The van der Waals surface area contributed by atoms with Crippen LogP contribution in [-0.4, -0.2) is 33.8 Å². The molecule has 0 fully saturated rings. The molecule has 1 aliphatic rings. The first kappa shape index (κ1) is 17.8. The zero-order valence-corrected chi connectivity index (χ0v) is 15.2. The molecule has 2 aromatic heterocycles. The van der Waals surface area contributed by atoms with Crippen molar-refractivity contribution >= 4 is 11.9 Å². The van der Waals surface area contributed by atoms with Gasteiger partial charge in [-0.3, -0.25) is 19.7 Å². The first-order chi connectivity index (χ1) is 13.6. The molecule has 1 amide bonds. The van der Waals surface area contributed by atoms with E-state index < -0.39 is 12.2 Å². The van der Waals surface area contributed by atoms with Gasteiger partial charge in [0.25, 0.3) is 5.91 Å². The third kappa shape index (κ3) is 2.72. The monoisotopic (exact) mass is 375 g/mol. The third-order valence-electron chi connectivity index (χ3n) is 4.83. The van der Waals surface area contributed by atoms with Gasteiger partial charge in [0.05, 0.1) is 11.4 Å². The highest BCUT2D eigenvalue weighted by atomic mass is 19.1. The van der Waals surface area contributed by atoms with E-state index in [9.17, 15) is 9.18 Å². The van der Waals surface area contributed by atoms with Crippen LogP contribution < -0.4 is 5.73 Å². The van der Waals surface area contributed by atoms with Crippen molar-refractivity contribution in [3.05, 3.63) is 83.8 Å². The number of halogens is 1. The number of pyridine rings is 2. The quantitative estimate of drug-likeness (QED) is 0.760. The molecule has 7 heteroatoms. The zero-order valence-electron chi connectivity index (χ0n) is 15.2. The number of nitrogens with two attached hydrogens (primary N) is 1. The van der Waals surface area contributed by atoms with Crippen molar-refractivity contribution in [2.75, 3.05) is 7.05 Å². The molecule has 140 valence electrons. The average molecular weight is 375 g/mol. The van der Waals surface area contributed by atoms with Gasteiger partial charge in [-0.05, 0) is 29.8 Å². The number of aliphatic imine (C=N–C) groups is 1. The van der Waals surface area contributed by atoms with Crippen LogP contribution in [0.3, 0.4) is 0 Å². The number of carbonyl (C=O) groups excluding carboxylic acids is 1. The molecule has 2 N–H and O–H groups in total. The number of hydrogen-bond acceptors (Lipinski definition) is 5. The van der Waals surface area contributed by atoms with Crippen molar-refractivity contribution in [3.8, 4) is 11.3 Å². The van der Waals surface area contributed by atoms with Gasteiger partial charge < -0.3 is 5.73 Å². The highest BCUT2D eigenvalue weighted by molar-refractivity contribution is 6.08. The molecule has 1 aliphatic heterocycles. The van der Waals surface area contributed by atoms with Crippen LogP contribution in [0.25, 0.3) is 11.3 Å². The van der Waals surface area contributed by atoms with Crippen molar-refractivity contribution in [2.24, 2.45) is 10.7 Å². The van der Waals surface area contributed by atoms with Gasteiger partial charge in [-0.1, -0.05) is 30.3 Å². The smallest absolute Gasteiger partial charge is 0.267 e. The van der Waals surface area contributed by atoms with E-state index in [1.54, 1.807) is 25.4 Å². The summed E-state index contributed by atoms with van der Waals surface area (Å²) in [4.78, 5) is 27.8. The maximum absolute atomic E-state index is 13.2. The van der Waals surface area contributed by atoms with Crippen LogP contribution in [0.2, 0.25) is 0 Å². The summed E-state index contributed by atoms with van der Waals surface area (Å²) in [5, 5.41) is 0. The molecule has 4 rings (SSSR count). The van der Waals surface area contributed by atoms with Crippen molar-refractivity contribution in [1.29, 1.82) is 0 Å². The highest BCUT2D eigenvalue weighted by Crippen LogP contribution is 2.39. The molecule has 3 heterocycles. The van der Waals surface area contributed by atoms with Crippen molar-refractivity contribution in [3.63, 3.8) is 0 Å². The van der Waals surface area contributed by atoms with Crippen LogP contribution in [0, 0.1) is 0 Å². The Morgan fingerprint density at radius 2 is 1.96 bits per heavy atom. The second-order valence-corrected chi connectivity index (χ2v) is 6.53. The minimum Gasteiger partial charge on any atom is -0.369 e. The summed E-state index contributed by atoms with van der Waals surface area (Å²) < 4.78 is 12.9. The van der Waals surface area contributed by atoms with Gasteiger partial charge in [0.2, 0.25) is 5.54 Å². The second kappa shape index (κ2) is 6.84. The summed E-state index contributed by atoms with van der Waals surface area (Å²) in [5.74, 6) is -0.215. The summed E-state index contributed by atoms with van der Waals surface area (Å²) in [7, 11) is 1.57. The van der Waals surface area contributed by atoms with Gasteiger partial charge in [0.15, 0.2) is 5.96 Å². The van der Waals surface area contributed by atoms with Gasteiger partial charge in [-0.15, -0.1) is 0 Å². The van der Waals surface area contributed by atoms with Crippen LogP contribution in [0.4, 0.5) is 4.39 Å². The van der Waals surface area contributed by atoms with Gasteiger partial charge in [0, 0.05) is 30.6 Å².